The third kappa shape index (κ3) is 4.50. The number of pyridine rings is 1. The average molecular weight is 428 g/mol. The summed E-state index contributed by atoms with van der Waals surface area (Å²) in [6.07, 6.45) is 4.95. The topological polar surface area (TPSA) is 132 Å². The summed E-state index contributed by atoms with van der Waals surface area (Å²) in [7, 11) is 2.11. The first-order valence-corrected chi connectivity index (χ1v) is 9.79. The van der Waals surface area contributed by atoms with Crippen molar-refractivity contribution >= 4 is 29.1 Å². The quantitative estimate of drug-likeness (QED) is 0.616. The number of likely N-dealkylation sites (N-methyl/N-ethyl adjacent to an activating group) is 1. The van der Waals surface area contributed by atoms with Crippen LogP contribution in [0.4, 0.5) is 17.5 Å². The van der Waals surface area contributed by atoms with Crippen LogP contribution >= 0.6 is 11.6 Å². The summed E-state index contributed by atoms with van der Waals surface area (Å²) in [5.74, 6) is 1.48. The molecule has 4 rings (SSSR count). The van der Waals surface area contributed by atoms with Crippen LogP contribution in [-0.2, 0) is 6.61 Å². The van der Waals surface area contributed by atoms with Gasteiger partial charge >= 0.3 is 0 Å². The van der Waals surface area contributed by atoms with Crippen LogP contribution in [0.3, 0.4) is 0 Å². The number of nitrogen functional groups attached to an aromatic ring is 2. The summed E-state index contributed by atoms with van der Waals surface area (Å²) >= 11 is 6.26. The number of anilines is 3. The molecule has 0 unspecified atom stereocenters. The zero-order valence-corrected chi connectivity index (χ0v) is 17.2. The number of aromatic nitrogens is 5. The first-order chi connectivity index (χ1) is 14.5. The van der Waals surface area contributed by atoms with E-state index >= 15 is 0 Å². The second kappa shape index (κ2) is 8.64. The molecule has 1 saturated heterocycles. The zero-order valence-electron chi connectivity index (χ0n) is 16.5. The van der Waals surface area contributed by atoms with E-state index in [4.69, 9.17) is 27.8 Å². The molecule has 0 saturated carbocycles. The molecule has 0 spiro atoms. The SMILES string of the molecule is CN1CCN(c2cnc(-c3nc(OCc4ccnc(N)c4)c(N)nc3Cl)cn2)CC1. The van der Waals surface area contributed by atoms with Crippen molar-refractivity contribution in [3.05, 3.63) is 41.4 Å². The lowest BCUT2D eigenvalue weighted by atomic mass is 10.3. The molecule has 0 aliphatic carbocycles. The van der Waals surface area contributed by atoms with E-state index in [9.17, 15) is 0 Å². The molecule has 1 aliphatic heterocycles. The summed E-state index contributed by atoms with van der Waals surface area (Å²) in [5, 5.41) is 0.134. The maximum absolute atomic E-state index is 6.26. The molecular weight excluding hydrogens is 406 g/mol. The number of nitrogens with zero attached hydrogens (tertiary/aromatic N) is 7. The minimum Gasteiger partial charge on any atom is -0.470 e. The van der Waals surface area contributed by atoms with Crippen LogP contribution in [0.25, 0.3) is 11.4 Å². The van der Waals surface area contributed by atoms with Gasteiger partial charge in [0.05, 0.1) is 12.4 Å². The Morgan fingerprint density at radius 3 is 2.57 bits per heavy atom. The largest absolute Gasteiger partial charge is 0.470 e. The smallest absolute Gasteiger partial charge is 0.258 e. The van der Waals surface area contributed by atoms with Crippen molar-refractivity contribution in [2.24, 2.45) is 0 Å². The van der Waals surface area contributed by atoms with Crippen LogP contribution in [0.1, 0.15) is 5.56 Å². The van der Waals surface area contributed by atoms with Gasteiger partial charge in [-0.25, -0.2) is 24.9 Å². The molecule has 0 bridgehead atoms. The summed E-state index contributed by atoms with van der Waals surface area (Å²) in [6, 6.07) is 3.50. The third-order valence-corrected chi connectivity index (χ3v) is 5.04. The van der Waals surface area contributed by atoms with E-state index in [1.165, 1.54) is 0 Å². The number of piperazine rings is 1. The van der Waals surface area contributed by atoms with Crippen molar-refractivity contribution in [1.82, 2.24) is 29.8 Å². The maximum atomic E-state index is 6.26. The van der Waals surface area contributed by atoms with Crippen LogP contribution < -0.4 is 21.1 Å². The Morgan fingerprint density at radius 2 is 1.87 bits per heavy atom. The van der Waals surface area contributed by atoms with Gasteiger partial charge in [-0.3, -0.25) is 0 Å². The molecular formula is C19H22ClN9O. The van der Waals surface area contributed by atoms with Gasteiger partial charge in [-0.1, -0.05) is 11.6 Å². The van der Waals surface area contributed by atoms with Crippen molar-refractivity contribution in [1.29, 1.82) is 0 Å². The van der Waals surface area contributed by atoms with Gasteiger partial charge in [-0.05, 0) is 24.7 Å². The van der Waals surface area contributed by atoms with E-state index in [1.807, 2.05) is 0 Å². The Balaban J connectivity index is 1.52. The molecule has 3 aromatic heterocycles. The van der Waals surface area contributed by atoms with E-state index in [2.05, 4.69) is 41.8 Å². The fourth-order valence-electron chi connectivity index (χ4n) is 3.06. The van der Waals surface area contributed by atoms with Gasteiger partial charge in [0.1, 0.15) is 29.6 Å². The van der Waals surface area contributed by atoms with Gasteiger partial charge in [0.2, 0.25) is 0 Å². The molecule has 1 fully saturated rings. The number of nitrogens with two attached hydrogens (primary N) is 2. The van der Waals surface area contributed by atoms with Gasteiger partial charge < -0.3 is 26.0 Å². The molecule has 10 nitrogen and oxygen atoms in total. The van der Waals surface area contributed by atoms with Crippen LogP contribution in [0.15, 0.2) is 30.7 Å². The molecule has 0 atom stereocenters. The van der Waals surface area contributed by atoms with Gasteiger partial charge in [0, 0.05) is 32.4 Å². The highest BCUT2D eigenvalue weighted by atomic mass is 35.5. The van der Waals surface area contributed by atoms with Gasteiger partial charge in [-0.2, -0.15) is 0 Å². The highest BCUT2D eigenvalue weighted by Gasteiger charge is 2.18. The Bertz CT molecular complexity index is 1020. The second-order valence-corrected chi connectivity index (χ2v) is 7.34. The molecule has 4 heterocycles. The minimum atomic E-state index is 0.0905. The Labute approximate surface area is 178 Å². The summed E-state index contributed by atoms with van der Waals surface area (Å²) in [6.45, 7) is 4.00. The minimum absolute atomic E-state index is 0.0905. The molecule has 30 heavy (non-hydrogen) atoms. The van der Waals surface area contributed by atoms with Gasteiger partial charge in [-0.15, -0.1) is 0 Å². The Hall–Kier alpha value is -3.24. The van der Waals surface area contributed by atoms with E-state index in [-0.39, 0.29) is 23.5 Å². The highest BCUT2D eigenvalue weighted by molar-refractivity contribution is 6.31. The zero-order chi connectivity index (χ0) is 21.1. The monoisotopic (exact) mass is 427 g/mol. The highest BCUT2D eigenvalue weighted by Crippen LogP contribution is 2.29. The van der Waals surface area contributed by atoms with Crippen LogP contribution in [0.2, 0.25) is 5.15 Å². The van der Waals surface area contributed by atoms with Crippen molar-refractivity contribution in [2.45, 2.75) is 6.61 Å². The average Bonchev–Trinajstić information content (AvgIpc) is 2.74. The normalized spacial score (nSPS) is 14.7. The van der Waals surface area contributed by atoms with Gasteiger partial charge in [0.25, 0.3) is 5.88 Å². The van der Waals surface area contributed by atoms with Crippen molar-refractivity contribution < 1.29 is 4.74 Å². The lowest BCUT2D eigenvalue weighted by molar-refractivity contribution is 0.295. The lowest BCUT2D eigenvalue weighted by Crippen LogP contribution is -2.44. The molecule has 0 aromatic carbocycles. The van der Waals surface area contributed by atoms with Crippen molar-refractivity contribution in [3.8, 4) is 17.3 Å². The summed E-state index contributed by atoms with van der Waals surface area (Å²) in [4.78, 5) is 26.0. The number of hydrogen-bond donors (Lipinski definition) is 2. The third-order valence-electron chi connectivity index (χ3n) is 4.78. The molecule has 0 radical (unpaired) electrons. The van der Waals surface area contributed by atoms with E-state index < -0.39 is 0 Å². The molecule has 4 N–H and O–H groups in total. The number of halogens is 1. The number of hydrogen-bond acceptors (Lipinski definition) is 10. The molecule has 1 aliphatic rings. The van der Waals surface area contributed by atoms with Gasteiger partial charge in [0.15, 0.2) is 11.0 Å². The first-order valence-electron chi connectivity index (χ1n) is 9.41. The predicted molar refractivity (Wildman–Crippen MR) is 115 cm³/mol. The fourth-order valence-corrected chi connectivity index (χ4v) is 3.29. The fraction of sp³-hybridized carbons (Fsp3) is 0.316. The first kappa shape index (κ1) is 20.0. The van der Waals surface area contributed by atoms with E-state index in [0.717, 1.165) is 37.6 Å². The van der Waals surface area contributed by atoms with Crippen molar-refractivity contribution in [3.63, 3.8) is 0 Å². The predicted octanol–water partition coefficient (Wildman–Crippen LogP) is 1.48. The summed E-state index contributed by atoms with van der Waals surface area (Å²) < 4.78 is 5.72. The Kier molecular flexibility index (Phi) is 5.77. The van der Waals surface area contributed by atoms with Crippen LogP contribution in [0.5, 0.6) is 5.88 Å². The summed E-state index contributed by atoms with van der Waals surface area (Å²) in [5.41, 5.74) is 13.3. The number of ether oxygens (including phenoxy) is 1. The van der Waals surface area contributed by atoms with Crippen LogP contribution in [0, 0.1) is 0 Å². The molecule has 0 amide bonds. The van der Waals surface area contributed by atoms with Crippen molar-refractivity contribution in [2.75, 3.05) is 49.6 Å². The van der Waals surface area contributed by atoms with E-state index in [0.29, 0.717) is 17.2 Å². The lowest BCUT2D eigenvalue weighted by Gasteiger charge is -2.32. The van der Waals surface area contributed by atoms with Crippen LogP contribution in [-0.4, -0.2) is 63.0 Å². The molecule has 11 heteroatoms. The number of rotatable bonds is 5. The molecule has 156 valence electrons. The maximum Gasteiger partial charge on any atom is 0.258 e. The van der Waals surface area contributed by atoms with E-state index in [1.54, 1.807) is 30.7 Å². The molecule has 3 aromatic rings. The Morgan fingerprint density at radius 1 is 1.07 bits per heavy atom. The standard InChI is InChI=1S/C19H22ClN9O/c1-28-4-6-29(7-5-28)15-10-24-13(9-25-15)16-17(20)27-18(22)19(26-16)30-11-12-2-3-23-14(21)8-12/h2-3,8-10H,4-7,11H2,1H3,(H2,21,23)(H2,22,27). The second-order valence-electron chi connectivity index (χ2n) is 6.98.